The molecule has 1 amide bonds. The summed E-state index contributed by atoms with van der Waals surface area (Å²) in [6.45, 7) is 2.59. The van der Waals surface area contributed by atoms with Gasteiger partial charge in [0.1, 0.15) is 10.6 Å². The van der Waals surface area contributed by atoms with Crippen molar-refractivity contribution in [2.75, 3.05) is 10.8 Å². The summed E-state index contributed by atoms with van der Waals surface area (Å²) in [5.41, 5.74) is 2.14. The molecular formula is C21H27N3O3S. The zero-order valence-electron chi connectivity index (χ0n) is 16.4. The predicted molar refractivity (Wildman–Crippen MR) is 109 cm³/mol. The lowest BCUT2D eigenvalue weighted by Crippen LogP contribution is -2.41. The molecular weight excluding hydrogens is 374 g/mol. The molecule has 0 bridgehead atoms. The lowest BCUT2D eigenvalue weighted by Gasteiger charge is -2.29. The van der Waals surface area contributed by atoms with Crippen LogP contribution in [0.1, 0.15) is 48.7 Å². The van der Waals surface area contributed by atoms with Crippen LogP contribution in [0.15, 0.2) is 41.4 Å². The Balaban J connectivity index is 1.58. The fraction of sp³-hybridized carbons (Fsp3) is 0.476. The molecule has 2 aromatic rings. The normalized spacial score (nSPS) is 22.1. The van der Waals surface area contributed by atoms with E-state index in [1.54, 1.807) is 11.6 Å². The number of nitrogens with zero attached hydrogens (tertiary/aromatic N) is 2. The van der Waals surface area contributed by atoms with Crippen LogP contribution in [0.4, 0.5) is 5.69 Å². The molecule has 0 spiro atoms. The maximum Gasteiger partial charge on any atom is 0.268 e. The summed E-state index contributed by atoms with van der Waals surface area (Å²) in [6, 6.07) is 9.22. The number of carbonyl (C=O) groups excluding carboxylic acids is 1. The monoisotopic (exact) mass is 401 g/mol. The van der Waals surface area contributed by atoms with E-state index in [2.05, 4.69) is 12.2 Å². The van der Waals surface area contributed by atoms with Crippen LogP contribution in [0.5, 0.6) is 0 Å². The lowest BCUT2D eigenvalue weighted by molar-refractivity contribution is 0.0902. The van der Waals surface area contributed by atoms with Crippen molar-refractivity contribution in [2.24, 2.45) is 13.0 Å². The first-order valence-electron chi connectivity index (χ1n) is 9.96. The second-order valence-corrected chi connectivity index (χ2v) is 9.83. The van der Waals surface area contributed by atoms with Gasteiger partial charge in [-0.2, -0.15) is 0 Å². The third-order valence-corrected chi connectivity index (χ3v) is 7.85. The van der Waals surface area contributed by atoms with Crippen LogP contribution in [0.2, 0.25) is 0 Å². The van der Waals surface area contributed by atoms with Gasteiger partial charge in [-0.1, -0.05) is 38.0 Å². The molecule has 1 aliphatic heterocycles. The fourth-order valence-corrected chi connectivity index (χ4v) is 5.93. The van der Waals surface area contributed by atoms with E-state index in [4.69, 9.17) is 0 Å². The van der Waals surface area contributed by atoms with E-state index in [9.17, 15) is 13.2 Å². The van der Waals surface area contributed by atoms with E-state index in [0.29, 0.717) is 24.6 Å². The van der Waals surface area contributed by atoms with Crippen molar-refractivity contribution >= 4 is 21.6 Å². The molecule has 0 radical (unpaired) electrons. The van der Waals surface area contributed by atoms with Gasteiger partial charge in [0.25, 0.3) is 15.9 Å². The van der Waals surface area contributed by atoms with Gasteiger partial charge in [-0.05, 0) is 42.9 Å². The molecule has 0 unspecified atom stereocenters. The number of sulfonamides is 1. The largest absolute Gasteiger partial charge is 0.348 e. The van der Waals surface area contributed by atoms with Crippen molar-refractivity contribution in [2.45, 2.75) is 50.0 Å². The lowest BCUT2D eigenvalue weighted by atomic mass is 9.86. The minimum atomic E-state index is -3.70. The first-order chi connectivity index (χ1) is 13.4. The Morgan fingerprint density at radius 1 is 1.18 bits per heavy atom. The van der Waals surface area contributed by atoms with Crippen LogP contribution in [0.25, 0.3) is 0 Å². The second kappa shape index (κ2) is 7.28. The standard InChI is InChI=1S/C21H27N3O3S/c1-15-7-3-5-9-18(15)22-21(25)20-13-17(14-23(20)2)28(26,27)24-12-11-16-8-4-6-10-19(16)24/h4,6,8,10,13-15,18H,3,5,7,9,11-12H2,1-2H3,(H,22,25)/t15-,18+/m0/s1. The van der Waals surface area contributed by atoms with Gasteiger partial charge >= 0.3 is 0 Å². The maximum atomic E-state index is 13.2. The van der Waals surface area contributed by atoms with Gasteiger partial charge in [-0.25, -0.2) is 8.42 Å². The van der Waals surface area contributed by atoms with Crippen LogP contribution in [-0.2, 0) is 23.5 Å². The number of nitrogens with one attached hydrogen (secondary N) is 1. The fourth-order valence-electron chi connectivity index (χ4n) is 4.36. The average molecular weight is 402 g/mol. The zero-order valence-corrected chi connectivity index (χ0v) is 17.2. The number of benzene rings is 1. The van der Waals surface area contributed by atoms with Gasteiger partial charge in [0.15, 0.2) is 0 Å². The number of aromatic nitrogens is 1. The smallest absolute Gasteiger partial charge is 0.268 e. The summed E-state index contributed by atoms with van der Waals surface area (Å²) in [4.78, 5) is 13.0. The maximum absolute atomic E-state index is 13.2. The summed E-state index contributed by atoms with van der Waals surface area (Å²) in [7, 11) is -1.98. The minimum Gasteiger partial charge on any atom is -0.348 e. The number of rotatable bonds is 4. The number of hydrogen-bond donors (Lipinski definition) is 1. The van der Waals surface area contributed by atoms with Crippen molar-refractivity contribution in [1.29, 1.82) is 0 Å². The Morgan fingerprint density at radius 3 is 2.71 bits per heavy atom. The molecule has 1 aromatic heterocycles. The minimum absolute atomic E-state index is 0.154. The molecule has 1 fully saturated rings. The molecule has 0 saturated heterocycles. The Labute approximate surface area is 166 Å². The van der Waals surface area contributed by atoms with E-state index >= 15 is 0 Å². The number of para-hydroxylation sites is 1. The first kappa shape index (κ1) is 19.1. The number of aryl methyl sites for hydroxylation is 1. The third kappa shape index (κ3) is 3.32. The van der Waals surface area contributed by atoms with Crippen molar-refractivity contribution in [3.63, 3.8) is 0 Å². The Kier molecular flexibility index (Phi) is 4.95. The summed E-state index contributed by atoms with van der Waals surface area (Å²) in [6.07, 6.45) is 6.66. The van der Waals surface area contributed by atoms with Gasteiger partial charge in [0.2, 0.25) is 0 Å². The van der Waals surface area contributed by atoms with Gasteiger partial charge in [0.05, 0.1) is 5.69 Å². The molecule has 28 heavy (non-hydrogen) atoms. The number of fused-ring (bicyclic) bond motifs is 1. The highest BCUT2D eigenvalue weighted by Crippen LogP contribution is 2.33. The van der Waals surface area contributed by atoms with Gasteiger partial charge in [-0.15, -0.1) is 0 Å². The average Bonchev–Trinajstić information content (AvgIpc) is 3.28. The number of hydrogen-bond acceptors (Lipinski definition) is 3. The van der Waals surface area contributed by atoms with Crippen molar-refractivity contribution < 1.29 is 13.2 Å². The zero-order chi connectivity index (χ0) is 19.9. The van der Waals surface area contributed by atoms with Crippen LogP contribution in [0, 0.1) is 5.92 Å². The molecule has 1 aliphatic carbocycles. The number of amides is 1. The highest BCUT2D eigenvalue weighted by atomic mass is 32.2. The van der Waals surface area contributed by atoms with Crippen molar-refractivity contribution in [3.05, 3.63) is 47.8 Å². The molecule has 1 N–H and O–H groups in total. The third-order valence-electron chi connectivity index (χ3n) is 6.07. The molecule has 1 saturated carbocycles. The van der Waals surface area contributed by atoms with Crippen LogP contribution in [-0.4, -0.2) is 31.5 Å². The Bertz CT molecular complexity index is 996. The summed E-state index contributed by atoms with van der Waals surface area (Å²) < 4.78 is 29.5. The molecule has 150 valence electrons. The van der Waals surface area contributed by atoms with Crippen molar-refractivity contribution in [3.8, 4) is 0 Å². The van der Waals surface area contributed by atoms with Crippen LogP contribution >= 0.6 is 0 Å². The highest BCUT2D eigenvalue weighted by Gasteiger charge is 2.32. The Hall–Kier alpha value is -2.28. The van der Waals surface area contributed by atoms with E-state index in [-0.39, 0.29) is 16.8 Å². The summed E-state index contributed by atoms with van der Waals surface area (Å²) in [5, 5.41) is 3.11. The SMILES string of the molecule is C[C@H]1CCCC[C@H]1NC(=O)c1cc(S(=O)(=O)N2CCc3ccccc32)cn1C. The summed E-state index contributed by atoms with van der Waals surface area (Å²) >= 11 is 0. The molecule has 2 aliphatic rings. The molecule has 6 nitrogen and oxygen atoms in total. The van der Waals surface area contributed by atoms with E-state index < -0.39 is 10.0 Å². The molecule has 7 heteroatoms. The highest BCUT2D eigenvalue weighted by molar-refractivity contribution is 7.92. The van der Waals surface area contributed by atoms with Crippen LogP contribution in [0.3, 0.4) is 0 Å². The molecule has 2 heterocycles. The van der Waals surface area contributed by atoms with E-state index in [1.807, 2.05) is 24.3 Å². The summed E-state index contributed by atoms with van der Waals surface area (Å²) in [5.74, 6) is 0.242. The quantitative estimate of drug-likeness (QED) is 0.856. The van der Waals surface area contributed by atoms with Crippen LogP contribution < -0.4 is 9.62 Å². The van der Waals surface area contributed by atoms with Crippen molar-refractivity contribution in [1.82, 2.24) is 9.88 Å². The van der Waals surface area contributed by atoms with Gasteiger partial charge in [-0.3, -0.25) is 9.10 Å². The molecule has 2 atom stereocenters. The van der Waals surface area contributed by atoms with Gasteiger partial charge in [0, 0.05) is 25.8 Å². The topological polar surface area (TPSA) is 71.4 Å². The number of carbonyl (C=O) groups is 1. The molecule has 1 aromatic carbocycles. The predicted octanol–water partition coefficient (Wildman–Crippen LogP) is 3.09. The Morgan fingerprint density at radius 2 is 1.93 bits per heavy atom. The molecule has 4 rings (SSSR count). The number of anilines is 1. The first-order valence-corrected chi connectivity index (χ1v) is 11.4. The van der Waals surface area contributed by atoms with E-state index in [1.165, 1.54) is 23.0 Å². The van der Waals surface area contributed by atoms with E-state index in [0.717, 1.165) is 30.5 Å². The second-order valence-electron chi connectivity index (χ2n) is 7.97. The van der Waals surface area contributed by atoms with Gasteiger partial charge < -0.3 is 9.88 Å².